The molecule has 0 rings (SSSR count). The summed E-state index contributed by atoms with van der Waals surface area (Å²) >= 11 is 0. The highest BCUT2D eigenvalue weighted by Crippen LogP contribution is 1.56. The van der Waals surface area contributed by atoms with Crippen LogP contribution in [0.3, 0.4) is 0 Å². The third-order valence-corrected chi connectivity index (χ3v) is 0.236. The molecule has 4 nitrogen and oxygen atoms in total. The van der Waals surface area contributed by atoms with Crippen LogP contribution < -0.4 is 0 Å². The quantitative estimate of drug-likeness (QED) is 0.259. The third-order valence-electron chi connectivity index (χ3n) is 0.236. The lowest BCUT2D eigenvalue weighted by Gasteiger charge is -1.53. The Kier molecular flexibility index (Phi) is 3.92. The minimum Gasteiger partial charge on any atom is -0.227 e. The number of hydrogen-bond acceptors (Lipinski definition) is 4. The van der Waals surface area contributed by atoms with Gasteiger partial charge in [-0.05, 0) is 0 Å². The number of isocyanates is 1. The highest BCUT2D eigenvalue weighted by atomic mass is 16.1. The van der Waals surface area contributed by atoms with E-state index >= 15 is 0 Å². The Bertz CT molecular complexity index is 138. The normalized spacial score (nSPS) is 5.29. The van der Waals surface area contributed by atoms with Gasteiger partial charge in [0.25, 0.3) is 6.08 Å². The fraction of sp³-hybridized carbons (Fsp3) is 0.333. The fourth-order valence-corrected chi connectivity index (χ4v) is 0.0875. The number of carbonyl (C=O) groups excluding carboxylic acids is 1. The zero-order chi connectivity index (χ0) is 5.54. The van der Waals surface area contributed by atoms with Crippen LogP contribution in [-0.4, -0.2) is 19.1 Å². The summed E-state index contributed by atoms with van der Waals surface area (Å²) in [6.45, 7) is 0. The molecule has 0 N–H and O–H groups in total. The second-order valence-corrected chi connectivity index (χ2v) is 0.615. The van der Waals surface area contributed by atoms with Gasteiger partial charge in [-0.2, -0.15) is 0 Å². The molecule has 0 aromatic carbocycles. The predicted molar refractivity (Wildman–Crippen MR) is 23.9 cm³/mol. The topological polar surface area (TPSA) is 54.1 Å². The first-order valence-electron chi connectivity index (χ1n) is 1.52. The summed E-state index contributed by atoms with van der Waals surface area (Å²) < 4.78 is 0. The standard InChI is InChI=1S/C3H3N3O/c1-4-2-5-6-3-7/h1H3. The van der Waals surface area contributed by atoms with Crippen LogP contribution in [0.4, 0.5) is 0 Å². The second-order valence-electron chi connectivity index (χ2n) is 0.615. The van der Waals surface area contributed by atoms with Crippen LogP contribution in [0, 0.1) is 0 Å². The lowest BCUT2D eigenvalue weighted by Crippen LogP contribution is -1.49. The summed E-state index contributed by atoms with van der Waals surface area (Å²) in [5.41, 5.74) is 0. The van der Waals surface area contributed by atoms with E-state index in [0.717, 1.165) is 0 Å². The molecule has 0 spiro atoms. The number of nitrogens with zero attached hydrogens (tertiary/aromatic N) is 3. The van der Waals surface area contributed by atoms with Crippen molar-refractivity contribution in [3.8, 4) is 0 Å². The maximum Gasteiger partial charge on any atom is 0.261 e. The Labute approximate surface area is 40.3 Å². The first kappa shape index (κ1) is 5.76. The highest BCUT2D eigenvalue weighted by Gasteiger charge is 1.49. The van der Waals surface area contributed by atoms with Crippen molar-refractivity contribution in [3.63, 3.8) is 0 Å². The van der Waals surface area contributed by atoms with Crippen molar-refractivity contribution in [1.29, 1.82) is 0 Å². The van der Waals surface area contributed by atoms with E-state index in [4.69, 9.17) is 0 Å². The molecule has 0 atom stereocenters. The van der Waals surface area contributed by atoms with Crippen molar-refractivity contribution in [2.24, 2.45) is 15.2 Å². The first-order chi connectivity index (χ1) is 3.41. The maximum absolute atomic E-state index is 9.21. The largest absolute Gasteiger partial charge is 0.261 e. The molecule has 36 valence electrons. The molecule has 0 aliphatic rings. The summed E-state index contributed by atoms with van der Waals surface area (Å²) in [7, 11) is 1.48. The van der Waals surface area contributed by atoms with Gasteiger partial charge in [0.15, 0.2) is 0 Å². The molecule has 0 unspecified atom stereocenters. The Morgan fingerprint density at radius 1 is 1.43 bits per heavy atom. The Morgan fingerprint density at radius 3 is 2.57 bits per heavy atom. The Balaban J connectivity index is 3.71. The van der Waals surface area contributed by atoms with Crippen molar-refractivity contribution in [2.75, 3.05) is 7.05 Å². The molecule has 0 saturated heterocycles. The molecular weight excluding hydrogens is 94.1 g/mol. The molecule has 0 aromatic rings. The van der Waals surface area contributed by atoms with Crippen molar-refractivity contribution in [3.05, 3.63) is 0 Å². The van der Waals surface area contributed by atoms with Crippen LogP contribution in [0.15, 0.2) is 15.2 Å². The number of hydrogen-bond donors (Lipinski definition) is 0. The van der Waals surface area contributed by atoms with Gasteiger partial charge >= 0.3 is 0 Å². The van der Waals surface area contributed by atoms with Gasteiger partial charge in [-0.1, -0.05) is 10.2 Å². The van der Waals surface area contributed by atoms with Gasteiger partial charge in [0.05, 0.1) is 0 Å². The van der Waals surface area contributed by atoms with Gasteiger partial charge in [-0.15, -0.1) is 0 Å². The van der Waals surface area contributed by atoms with Gasteiger partial charge < -0.3 is 0 Å². The maximum atomic E-state index is 9.21. The fourth-order valence-electron chi connectivity index (χ4n) is 0.0875. The SMILES string of the molecule is CN=C=NN=C=O. The first-order valence-corrected chi connectivity index (χ1v) is 1.52. The lowest BCUT2D eigenvalue weighted by atomic mass is 11.3. The smallest absolute Gasteiger partial charge is 0.227 e. The number of rotatable bonds is 1. The van der Waals surface area contributed by atoms with Gasteiger partial charge in [-0.3, -0.25) is 0 Å². The van der Waals surface area contributed by atoms with Gasteiger partial charge in [0.1, 0.15) is 6.01 Å². The van der Waals surface area contributed by atoms with E-state index in [1.165, 1.54) is 13.1 Å². The van der Waals surface area contributed by atoms with E-state index < -0.39 is 0 Å². The van der Waals surface area contributed by atoms with E-state index in [2.05, 4.69) is 21.2 Å². The molecule has 4 heteroatoms. The lowest BCUT2D eigenvalue weighted by molar-refractivity contribution is 0.563. The average molecular weight is 97.1 g/mol. The zero-order valence-corrected chi connectivity index (χ0v) is 3.75. The number of aliphatic imine (C=N–C) groups is 1. The van der Waals surface area contributed by atoms with Crippen molar-refractivity contribution in [2.45, 2.75) is 0 Å². The molecule has 0 radical (unpaired) electrons. The van der Waals surface area contributed by atoms with Crippen molar-refractivity contribution in [1.82, 2.24) is 0 Å². The van der Waals surface area contributed by atoms with Crippen LogP contribution in [0.25, 0.3) is 0 Å². The van der Waals surface area contributed by atoms with Crippen molar-refractivity contribution >= 4 is 12.1 Å². The van der Waals surface area contributed by atoms with Gasteiger partial charge in [-0.25, -0.2) is 9.79 Å². The summed E-state index contributed by atoms with van der Waals surface area (Å²) in [6, 6.07) is 2.07. The molecule has 0 amide bonds. The van der Waals surface area contributed by atoms with Crippen LogP contribution in [0.2, 0.25) is 0 Å². The van der Waals surface area contributed by atoms with Gasteiger partial charge in [0, 0.05) is 7.05 Å². The Morgan fingerprint density at radius 2 is 2.14 bits per heavy atom. The minimum absolute atomic E-state index is 1.19. The van der Waals surface area contributed by atoms with Crippen LogP contribution in [-0.2, 0) is 4.79 Å². The molecule has 0 aromatic heterocycles. The molecule has 0 fully saturated rings. The second kappa shape index (κ2) is 4.76. The summed E-state index contributed by atoms with van der Waals surface area (Å²) in [5.74, 6) is 0. The Hall–Kier alpha value is -1.24. The average Bonchev–Trinajstić information content (AvgIpc) is 1.69. The van der Waals surface area contributed by atoms with Crippen LogP contribution in [0.1, 0.15) is 0 Å². The molecule has 0 aliphatic heterocycles. The van der Waals surface area contributed by atoms with E-state index in [1.807, 2.05) is 0 Å². The highest BCUT2D eigenvalue weighted by molar-refractivity contribution is 5.42. The molecule has 0 heterocycles. The summed E-state index contributed by atoms with van der Waals surface area (Å²) in [4.78, 5) is 12.5. The molecule has 7 heavy (non-hydrogen) atoms. The van der Waals surface area contributed by atoms with Crippen LogP contribution in [0.5, 0.6) is 0 Å². The molecule has 0 bridgehead atoms. The summed E-state index contributed by atoms with van der Waals surface area (Å²) in [5, 5.41) is 5.77. The molecule has 0 aliphatic carbocycles. The van der Waals surface area contributed by atoms with E-state index in [9.17, 15) is 4.79 Å². The predicted octanol–water partition coefficient (Wildman–Crippen LogP) is 0.0409. The monoisotopic (exact) mass is 97.0 g/mol. The minimum atomic E-state index is 1.19. The summed E-state index contributed by atoms with van der Waals surface area (Å²) in [6.07, 6.45) is 1.19. The van der Waals surface area contributed by atoms with E-state index in [0.29, 0.717) is 0 Å². The molecule has 0 saturated carbocycles. The van der Waals surface area contributed by atoms with E-state index in [1.54, 1.807) is 0 Å². The van der Waals surface area contributed by atoms with E-state index in [-0.39, 0.29) is 0 Å². The third kappa shape index (κ3) is 4.76. The van der Waals surface area contributed by atoms with Crippen LogP contribution >= 0.6 is 0 Å². The zero-order valence-electron chi connectivity index (χ0n) is 3.75. The molecular formula is C3H3N3O. The van der Waals surface area contributed by atoms with Gasteiger partial charge in [0.2, 0.25) is 0 Å². The van der Waals surface area contributed by atoms with Crippen molar-refractivity contribution < 1.29 is 4.79 Å².